The fourth-order valence-corrected chi connectivity index (χ4v) is 2.84. The van der Waals surface area contributed by atoms with Gasteiger partial charge in [-0.05, 0) is 46.8 Å². The smallest absolute Gasteiger partial charge is 0.142 e. The molecule has 19 heavy (non-hydrogen) atoms. The summed E-state index contributed by atoms with van der Waals surface area (Å²) in [7, 11) is 0. The second kappa shape index (κ2) is 4.95. The molecular formula is C15H22ClNO2. The van der Waals surface area contributed by atoms with Crippen molar-refractivity contribution in [3.8, 4) is 5.75 Å². The molecule has 0 radical (unpaired) electrons. The molecular weight excluding hydrogens is 262 g/mol. The number of aromatic nitrogens is 1. The molecule has 0 amide bonds. The first kappa shape index (κ1) is 14.6. The first-order valence-corrected chi connectivity index (χ1v) is 7.16. The van der Waals surface area contributed by atoms with Crippen LogP contribution in [0.15, 0.2) is 12.1 Å². The van der Waals surface area contributed by atoms with E-state index in [1.54, 1.807) is 0 Å². The van der Waals surface area contributed by atoms with E-state index in [9.17, 15) is 0 Å². The van der Waals surface area contributed by atoms with Crippen LogP contribution in [0.1, 0.15) is 45.5 Å². The van der Waals surface area contributed by atoms with Gasteiger partial charge in [-0.3, -0.25) is 4.98 Å². The maximum atomic E-state index is 6.13. The van der Waals surface area contributed by atoms with Crippen LogP contribution in [0.5, 0.6) is 5.75 Å². The van der Waals surface area contributed by atoms with Gasteiger partial charge in [-0.15, -0.1) is 11.6 Å². The number of aryl methyl sites for hydroxylation is 1. The first-order valence-electron chi connectivity index (χ1n) is 6.63. The number of pyridine rings is 1. The van der Waals surface area contributed by atoms with E-state index in [0.717, 1.165) is 23.6 Å². The van der Waals surface area contributed by atoms with E-state index in [1.807, 2.05) is 19.1 Å². The predicted molar refractivity (Wildman–Crippen MR) is 76.8 cm³/mol. The molecule has 1 unspecified atom stereocenters. The number of nitrogens with zero attached hydrogens (tertiary/aromatic N) is 1. The number of halogens is 1. The van der Waals surface area contributed by atoms with Gasteiger partial charge in [-0.25, -0.2) is 0 Å². The van der Waals surface area contributed by atoms with E-state index < -0.39 is 0 Å². The third-order valence-electron chi connectivity index (χ3n) is 3.46. The quantitative estimate of drug-likeness (QED) is 0.790. The Labute approximate surface area is 120 Å². The van der Waals surface area contributed by atoms with Crippen molar-refractivity contribution in [2.75, 3.05) is 0 Å². The lowest BCUT2D eigenvalue weighted by Crippen LogP contribution is -2.37. The van der Waals surface area contributed by atoms with E-state index >= 15 is 0 Å². The van der Waals surface area contributed by atoms with E-state index in [0.29, 0.717) is 5.88 Å². The molecule has 1 atom stereocenters. The van der Waals surface area contributed by atoms with Crippen LogP contribution in [-0.4, -0.2) is 22.3 Å². The van der Waals surface area contributed by atoms with Crippen LogP contribution in [0.3, 0.4) is 0 Å². The molecule has 1 saturated heterocycles. The van der Waals surface area contributed by atoms with Gasteiger partial charge in [0.25, 0.3) is 0 Å². The van der Waals surface area contributed by atoms with Gasteiger partial charge in [0.15, 0.2) is 0 Å². The average Bonchev–Trinajstić information content (AvgIpc) is 2.49. The zero-order valence-electron chi connectivity index (χ0n) is 12.3. The predicted octanol–water partition coefficient (Wildman–Crippen LogP) is 3.85. The van der Waals surface area contributed by atoms with Crippen LogP contribution in [0.25, 0.3) is 0 Å². The minimum atomic E-state index is -0.308. The Morgan fingerprint density at radius 3 is 2.58 bits per heavy atom. The van der Waals surface area contributed by atoms with Crippen molar-refractivity contribution in [1.82, 2.24) is 4.98 Å². The molecule has 0 bridgehead atoms. The van der Waals surface area contributed by atoms with Gasteiger partial charge in [-0.2, -0.15) is 0 Å². The lowest BCUT2D eigenvalue weighted by Gasteiger charge is -2.27. The Hall–Kier alpha value is -0.800. The summed E-state index contributed by atoms with van der Waals surface area (Å²) in [5.41, 5.74) is 1.28. The van der Waals surface area contributed by atoms with Gasteiger partial charge < -0.3 is 9.47 Å². The topological polar surface area (TPSA) is 31.4 Å². The Balaban J connectivity index is 2.22. The largest absolute Gasteiger partial charge is 0.485 e. The molecule has 1 aromatic heterocycles. The number of hydrogen-bond acceptors (Lipinski definition) is 3. The molecule has 0 N–H and O–H groups in total. The molecule has 0 saturated carbocycles. The monoisotopic (exact) mass is 283 g/mol. The Morgan fingerprint density at radius 2 is 2.05 bits per heavy atom. The van der Waals surface area contributed by atoms with Crippen molar-refractivity contribution in [3.63, 3.8) is 0 Å². The van der Waals surface area contributed by atoms with Gasteiger partial charge in [-0.1, -0.05) is 0 Å². The van der Waals surface area contributed by atoms with Crippen LogP contribution >= 0.6 is 11.6 Å². The second-order valence-electron chi connectivity index (χ2n) is 6.31. The number of alkyl halides is 1. The van der Waals surface area contributed by atoms with Crippen LogP contribution in [0.2, 0.25) is 0 Å². The molecule has 106 valence electrons. The highest BCUT2D eigenvalue weighted by molar-refractivity contribution is 6.17. The summed E-state index contributed by atoms with van der Waals surface area (Å²) < 4.78 is 12.2. The molecule has 2 rings (SSSR count). The molecule has 0 aliphatic carbocycles. The highest BCUT2D eigenvalue weighted by Gasteiger charge is 2.47. The molecule has 4 heteroatoms. The van der Waals surface area contributed by atoms with Gasteiger partial charge in [0, 0.05) is 12.1 Å². The third kappa shape index (κ3) is 3.21. The van der Waals surface area contributed by atoms with E-state index in [4.69, 9.17) is 21.1 Å². The average molecular weight is 284 g/mol. The molecule has 3 nitrogen and oxygen atoms in total. The van der Waals surface area contributed by atoms with Crippen molar-refractivity contribution < 1.29 is 9.47 Å². The minimum absolute atomic E-state index is 0.00831. The number of hydrogen-bond donors (Lipinski definition) is 0. The summed E-state index contributed by atoms with van der Waals surface area (Å²) in [6.07, 6.45) is 0.865. The molecule has 1 aliphatic rings. The Morgan fingerprint density at radius 1 is 1.37 bits per heavy atom. The van der Waals surface area contributed by atoms with Crippen LogP contribution in [0.4, 0.5) is 0 Å². The lowest BCUT2D eigenvalue weighted by atomic mass is 9.97. The molecule has 0 aromatic carbocycles. The summed E-state index contributed by atoms with van der Waals surface area (Å²) in [5.74, 6) is 1.12. The minimum Gasteiger partial charge on any atom is -0.485 e. The summed E-state index contributed by atoms with van der Waals surface area (Å²) >= 11 is 5.94. The molecule has 0 spiro atoms. The van der Waals surface area contributed by atoms with Crippen molar-refractivity contribution in [2.24, 2.45) is 0 Å². The van der Waals surface area contributed by atoms with Gasteiger partial charge in [0.1, 0.15) is 17.5 Å². The van der Waals surface area contributed by atoms with Crippen LogP contribution in [-0.2, 0) is 10.6 Å². The third-order valence-corrected chi connectivity index (χ3v) is 3.71. The highest BCUT2D eigenvalue weighted by Crippen LogP contribution is 2.40. The fourth-order valence-electron chi connectivity index (χ4n) is 2.65. The van der Waals surface area contributed by atoms with Crippen LogP contribution in [0, 0.1) is 6.92 Å². The van der Waals surface area contributed by atoms with Crippen LogP contribution < -0.4 is 4.74 Å². The maximum Gasteiger partial charge on any atom is 0.142 e. The summed E-state index contributed by atoms with van der Waals surface area (Å²) in [6.45, 7) is 10.3. The zero-order valence-corrected chi connectivity index (χ0v) is 13.0. The molecule has 1 aromatic rings. The number of rotatable bonds is 3. The zero-order chi connectivity index (χ0) is 14.3. The molecule has 1 aliphatic heterocycles. The van der Waals surface area contributed by atoms with Crippen molar-refractivity contribution in [2.45, 2.75) is 64.2 Å². The Kier molecular flexibility index (Phi) is 3.80. The maximum absolute atomic E-state index is 6.13. The Bertz CT molecular complexity index is 471. The summed E-state index contributed by atoms with van der Waals surface area (Å²) in [5, 5.41) is 0. The summed E-state index contributed by atoms with van der Waals surface area (Å²) in [6, 6.07) is 3.89. The van der Waals surface area contributed by atoms with E-state index in [1.165, 1.54) is 0 Å². The number of ether oxygens (including phenoxy) is 2. The fraction of sp³-hybridized carbons (Fsp3) is 0.667. The van der Waals surface area contributed by atoms with Crippen molar-refractivity contribution in [1.29, 1.82) is 0 Å². The van der Waals surface area contributed by atoms with Gasteiger partial charge >= 0.3 is 0 Å². The van der Waals surface area contributed by atoms with Crippen molar-refractivity contribution >= 4 is 11.6 Å². The highest BCUT2D eigenvalue weighted by atomic mass is 35.5. The van der Waals surface area contributed by atoms with E-state index in [2.05, 4.69) is 32.7 Å². The van der Waals surface area contributed by atoms with Crippen molar-refractivity contribution in [3.05, 3.63) is 23.5 Å². The standard InChI is InChI=1S/C15H22ClNO2/c1-10-6-7-12(11(9-16)17-10)18-13-8-14(2,3)19-15(13,4)5/h6-7,13H,8-9H2,1-5H3. The van der Waals surface area contributed by atoms with E-state index in [-0.39, 0.29) is 17.3 Å². The first-order chi connectivity index (χ1) is 8.73. The molecule has 2 heterocycles. The molecule has 1 fully saturated rings. The normalized spacial score (nSPS) is 24.4. The van der Waals surface area contributed by atoms with Gasteiger partial charge in [0.05, 0.1) is 17.2 Å². The van der Waals surface area contributed by atoms with Gasteiger partial charge in [0.2, 0.25) is 0 Å². The lowest BCUT2D eigenvalue weighted by molar-refractivity contribution is -0.0847. The second-order valence-corrected chi connectivity index (χ2v) is 6.57. The SMILES string of the molecule is Cc1ccc(OC2CC(C)(C)OC2(C)C)c(CCl)n1. The summed E-state index contributed by atoms with van der Waals surface area (Å²) in [4.78, 5) is 4.42.